The fraction of sp³-hybridized carbons (Fsp3) is 0.100. The van der Waals surface area contributed by atoms with Crippen molar-refractivity contribution in [1.82, 2.24) is 5.01 Å². The second-order valence-corrected chi connectivity index (χ2v) is 5.38. The van der Waals surface area contributed by atoms with E-state index < -0.39 is 0 Å². The van der Waals surface area contributed by atoms with Crippen LogP contribution in [0, 0.1) is 0 Å². The highest BCUT2D eigenvalue weighted by atomic mass is 32.2. The molecular weight excluding hydrogens is 242 g/mol. The molecule has 6 heteroatoms. The van der Waals surface area contributed by atoms with Gasteiger partial charge in [0.1, 0.15) is 16.2 Å². The van der Waals surface area contributed by atoms with Gasteiger partial charge in [-0.25, -0.2) is 5.01 Å². The van der Waals surface area contributed by atoms with Crippen LogP contribution in [0.25, 0.3) is 0 Å². The molecule has 4 nitrogen and oxygen atoms in total. The van der Waals surface area contributed by atoms with E-state index in [1.165, 1.54) is 11.8 Å². The Labute approximate surface area is 101 Å². The summed E-state index contributed by atoms with van der Waals surface area (Å²) in [5.74, 6) is 0.292. The number of phenolic OH excluding ortho intramolecular Hbond substituents is 1. The third-order valence-electron chi connectivity index (χ3n) is 2.36. The lowest BCUT2D eigenvalue weighted by Crippen LogP contribution is -2.13. The molecule has 0 radical (unpaired) electrons. The molecule has 82 valence electrons. The fourth-order valence-electron chi connectivity index (χ4n) is 1.66. The Balaban J connectivity index is 1.96. The molecule has 1 aromatic rings. The zero-order valence-corrected chi connectivity index (χ0v) is 9.83. The molecule has 0 aromatic heterocycles. The zero-order valence-electron chi connectivity index (χ0n) is 8.20. The van der Waals surface area contributed by atoms with Crippen LogP contribution in [0.2, 0.25) is 0 Å². The number of amidine groups is 1. The second-order valence-electron chi connectivity index (χ2n) is 3.39. The van der Waals surface area contributed by atoms with E-state index in [2.05, 4.69) is 5.10 Å². The molecule has 0 fully saturated rings. The van der Waals surface area contributed by atoms with Crippen molar-refractivity contribution in [2.45, 2.75) is 5.37 Å². The summed E-state index contributed by atoms with van der Waals surface area (Å²) in [4.78, 5) is 0. The first-order valence-electron chi connectivity index (χ1n) is 4.70. The van der Waals surface area contributed by atoms with Gasteiger partial charge in [-0.2, -0.15) is 0 Å². The van der Waals surface area contributed by atoms with Crippen LogP contribution >= 0.6 is 23.5 Å². The average Bonchev–Trinajstić information content (AvgIpc) is 2.78. The monoisotopic (exact) mass is 251 g/mol. The van der Waals surface area contributed by atoms with Gasteiger partial charge >= 0.3 is 0 Å². The molecule has 2 aliphatic rings. The van der Waals surface area contributed by atoms with E-state index in [0.29, 0.717) is 10.9 Å². The molecule has 3 rings (SSSR count). The number of hydrogen-bond acceptors (Lipinski definition) is 6. The standard InChI is InChI=1S/C10H9N3OS2/c11-10-12-13-8(16-10)5-15-9(13)6-3-1-2-4-7(6)14/h1-5,9,14H,(H2,11,12)/t9-/m0/s1. The quantitative estimate of drug-likeness (QED) is 0.801. The summed E-state index contributed by atoms with van der Waals surface area (Å²) < 4.78 is 0. The largest absolute Gasteiger partial charge is 0.508 e. The van der Waals surface area contributed by atoms with E-state index >= 15 is 0 Å². The first-order valence-corrected chi connectivity index (χ1v) is 6.46. The Morgan fingerprint density at radius 3 is 3.00 bits per heavy atom. The molecule has 2 aliphatic heterocycles. The van der Waals surface area contributed by atoms with Gasteiger partial charge in [0.2, 0.25) is 0 Å². The van der Waals surface area contributed by atoms with Gasteiger partial charge in [0.15, 0.2) is 5.17 Å². The second kappa shape index (κ2) is 3.64. The summed E-state index contributed by atoms with van der Waals surface area (Å²) in [6, 6.07) is 7.30. The number of rotatable bonds is 1. The minimum atomic E-state index is -0.00949. The fourth-order valence-corrected chi connectivity index (χ4v) is 3.64. The number of benzene rings is 1. The zero-order chi connectivity index (χ0) is 11.1. The van der Waals surface area contributed by atoms with Crippen LogP contribution in [0.4, 0.5) is 0 Å². The number of nitrogens with two attached hydrogens (primary N) is 1. The van der Waals surface area contributed by atoms with Crippen LogP contribution in [0.1, 0.15) is 10.9 Å². The van der Waals surface area contributed by atoms with E-state index in [1.807, 2.05) is 28.6 Å². The maximum absolute atomic E-state index is 9.81. The lowest BCUT2D eigenvalue weighted by Gasteiger charge is -2.19. The van der Waals surface area contributed by atoms with E-state index in [-0.39, 0.29) is 5.37 Å². The van der Waals surface area contributed by atoms with Gasteiger partial charge in [-0.15, -0.1) is 5.10 Å². The molecular formula is C10H9N3OS2. The number of para-hydroxylation sites is 1. The Kier molecular flexibility index (Phi) is 2.26. The van der Waals surface area contributed by atoms with Crippen LogP contribution in [0.15, 0.2) is 39.8 Å². The normalized spacial score (nSPS) is 23.0. The Morgan fingerprint density at radius 2 is 2.19 bits per heavy atom. The average molecular weight is 251 g/mol. The number of thioether (sulfide) groups is 2. The summed E-state index contributed by atoms with van der Waals surface area (Å²) in [5.41, 5.74) is 6.52. The summed E-state index contributed by atoms with van der Waals surface area (Å²) in [5, 5.41) is 19.5. The SMILES string of the molecule is NC1=NN2C(=CS[C@H]2c2ccccc2O)S1. The Bertz CT molecular complexity index is 501. The van der Waals surface area contributed by atoms with Gasteiger partial charge in [0, 0.05) is 11.0 Å². The van der Waals surface area contributed by atoms with Crippen LogP contribution in [-0.4, -0.2) is 15.3 Å². The highest BCUT2D eigenvalue weighted by molar-refractivity contribution is 8.18. The number of hydrazone groups is 1. The van der Waals surface area contributed by atoms with E-state index in [9.17, 15) is 5.11 Å². The van der Waals surface area contributed by atoms with Gasteiger partial charge in [0.25, 0.3) is 0 Å². The highest BCUT2D eigenvalue weighted by Gasteiger charge is 2.34. The molecule has 1 atom stereocenters. The van der Waals surface area contributed by atoms with Crippen LogP contribution in [-0.2, 0) is 0 Å². The first-order chi connectivity index (χ1) is 7.75. The molecule has 0 bridgehead atoms. The predicted octanol–water partition coefficient (Wildman–Crippen LogP) is 2.22. The molecule has 0 saturated heterocycles. The van der Waals surface area contributed by atoms with E-state index in [0.717, 1.165) is 10.6 Å². The molecule has 0 saturated carbocycles. The summed E-state index contributed by atoms with van der Waals surface area (Å²) in [7, 11) is 0. The Morgan fingerprint density at radius 1 is 1.38 bits per heavy atom. The van der Waals surface area contributed by atoms with Gasteiger partial charge in [0.05, 0.1) is 0 Å². The van der Waals surface area contributed by atoms with Gasteiger partial charge in [-0.3, -0.25) is 0 Å². The number of hydrogen-bond donors (Lipinski definition) is 2. The minimum Gasteiger partial charge on any atom is -0.508 e. The number of phenols is 1. The number of aromatic hydroxyl groups is 1. The molecule has 1 aromatic carbocycles. The molecule has 0 unspecified atom stereocenters. The lowest BCUT2D eigenvalue weighted by atomic mass is 10.2. The topological polar surface area (TPSA) is 61.8 Å². The van der Waals surface area contributed by atoms with Crippen molar-refractivity contribution < 1.29 is 5.11 Å². The lowest BCUT2D eigenvalue weighted by molar-refractivity contribution is 0.373. The Hall–Kier alpha value is -1.27. The van der Waals surface area contributed by atoms with Crippen molar-refractivity contribution in [3.8, 4) is 5.75 Å². The van der Waals surface area contributed by atoms with Crippen LogP contribution in [0.5, 0.6) is 5.75 Å². The number of nitrogens with zero attached hydrogens (tertiary/aromatic N) is 2. The summed E-state index contributed by atoms with van der Waals surface area (Å²) >= 11 is 3.08. The van der Waals surface area contributed by atoms with Gasteiger partial charge in [-0.1, -0.05) is 30.0 Å². The molecule has 0 spiro atoms. The molecule has 0 amide bonds. The van der Waals surface area contributed by atoms with Gasteiger partial charge < -0.3 is 10.8 Å². The van der Waals surface area contributed by atoms with Crippen LogP contribution in [0.3, 0.4) is 0 Å². The highest BCUT2D eigenvalue weighted by Crippen LogP contribution is 2.50. The van der Waals surface area contributed by atoms with Crippen molar-refractivity contribution in [3.63, 3.8) is 0 Å². The van der Waals surface area contributed by atoms with Crippen molar-refractivity contribution in [3.05, 3.63) is 40.3 Å². The summed E-state index contributed by atoms with van der Waals surface area (Å²) in [6.45, 7) is 0. The van der Waals surface area contributed by atoms with E-state index in [1.54, 1.807) is 17.8 Å². The van der Waals surface area contributed by atoms with Crippen molar-refractivity contribution in [2.75, 3.05) is 0 Å². The van der Waals surface area contributed by atoms with Crippen molar-refractivity contribution >= 4 is 28.7 Å². The predicted molar refractivity (Wildman–Crippen MR) is 67.6 cm³/mol. The van der Waals surface area contributed by atoms with Gasteiger partial charge in [-0.05, 0) is 17.8 Å². The maximum atomic E-state index is 9.81. The van der Waals surface area contributed by atoms with Crippen molar-refractivity contribution in [1.29, 1.82) is 0 Å². The maximum Gasteiger partial charge on any atom is 0.184 e. The van der Waals surface area contributed by atoms with Crippen LogP contribution < -0.4 is 5.73 Å². The minimum absolute atomic E-state index is 0.00949. The molecule has 16 heavy (non-hydrogen) atoms. The summed E-state index contributed by atoms with van der Waals surface area (Å²) in [6.07, 6.45) is 0. The number of fused-ring (bicyclic) bond motifs is 1. The smallest absolute Gasteiger partial charge is 0.184 e. The van der Waals surface area contributed by atoms with Crippen molar-refractivity contribution in [2.24, 2.45) is 10.8 Å². The molecule has 3 N–H and O–H groups in total. The first kappa shape index (κ1) is 9.92. The van der Waals surface area contributed by atoms with E-state index in [4.69, 9.17) is 5.73 Å². The molecule has 0 aliphatic carbocycles. The third-order valence-corrected chi connectivity index (χ3v) is 4.39. The third kappa shape index (κ3) is 1.45. The molecule has 2 heterocycles.